The number of rotatable bonds is 4. The molecule has 1 amide bonds. The van der Waals surface area contributed by atoms with Crippen molar-refractivity contribution in [3.8, 4) is 5.69 Å². The molecule has 0 aliphatic heterocycles. The second kappa shape index (κ2) is 7.11. The summed E-state index contributed by atoms with van der Waals surface area (Å²) in [6, 6.07) is 12.4. The number of hydrogen-bond acceptors (Lipinski definition) is 4. The second-order valence-corrected chi connectivity index (χ2v) is 8.12. The van der Waals surface area contributed by atoms with Gasteiger partial charge in [-0.3, -0.25) is 9.36 Å². The highest BCUT2D eigenvalue weighted by molar-refractivity contribution is 7.20. The molecular weight excluding hydrogens is 344 g/mol. The Morgan fingerprint density at radius 1 is 1.19 bits per heavy atom. The smallest absolute Gasteiger partial charge is 0.261 e. The number of hydrogen-bond donors (Lipinski definition) is 1. The fraction of sp³-hybridized carbons (Fsp3) is 0.400. The molecule has 3 aromatic rings. The molecule has 4 rings (SSSR count). The van der Waals surface area contributed by atoms with Crippen molar-refractivity contribution in [2.45, 2.75) is 38.1 Å². The summed E-state index contributed by atoms with van der Waals surface area (Å²) < 4.78 is 2.12. The number of nitrogens with zero attached hydrogens (tertiary/aromatic N) is 3. The Balaban J connectivity index is 1.69. The topological polar surface area (TPSA) is 50.2 Å². The third-order valence-electron chi connectivity index (χ3n) is 4.90. The minimum absolute atomic E-state index is 0.0333. The van der Waals surface area contributed by atoms with E-state index in [9.17, 15) is 4.79 Å². The molecule has 136 valence electrons. The number of benzene rings is 1. The van der Waals surface area contributed by atoms with E-state index in [2.05, 4.69) is 22.0 Å². The van der Waals surface area contributed by atoms with Crippen molar-refractivity contribution in [2.24, 2.45) is 0 Å². The van der Waals surface area contributed by atoms with Crippen molar-refractivity contribution in [1.29, 1.82) is 0 Å². The highest BCUT2D eigenvalue weighted by atomic mass is 32.1. The monoisotopic (exact) mass is 368 g/mol. The van der Waals surface area contributed by atoms with Crippen molar-refractivity contribution >= 4 is 33.5 Å². The van der Waals surface area contributed by atoms with Crippen molar-refractivity contribution in [1.82, 2.24) is 14.9 Å². The first-order valence-corrected chi connectivity index (χ1v) is 10.0. The first-order valence-electron chi connectivity index (χ1n) is 9.19. The van der Waals surface area contributed by atoms with E-state index in [0.29, 0.717) is 6.04 Å². The number of nitrogens with one attached hydrogen (secondary N) is 1. The molecule has 0 saturated heterocycles. The van der Waals surface area contributed by atoms with Gasteiger partial charge in [-0.25, -0.2) is 4.98 Å². The number of fused-ring (bicyclic) bond motifs is 1. The van der Waals surface area contributed by atoms with Gasteiger partial charge in [-0.05, 0) is 31.0 Å². The van der Waals surface area contributed by atoms with E-state index in [1.165, 1.54) is 30.6 Å². The standard InChI is InChI=1S/C20H24N4OS/c1-23(2)20-22-16-13-17(18(25)21-14-9-5-3-6-10-14)26-19(16)24(20)15-11-7-4-8-12-15/h4,7-8,11-14H,3,5-6,9-10H2,1-2H3,(H,21,25). The molecule has 1 aliphatic rings. The molecule has 5 nitrogen and oxygen atoms in total. The lowest BCUT2D eigenvalue weighted by Crippen LogP contribution is -2.35. The largest absolute Gasteiger partial charge is 0.349 e. The van der Waals surface area contributed by atoms with Gasteiger partial charge in [0.15, 0.2) is 0 Å². The maximum atomic E-state index is 12.7. The normalized spacial score (nSPS) is 15.3. The van der Waals surface area contributed by atoms with Crippen LogP contribution in [0.2, 0.25) is 0 Å². The molecule has 1 aromatic carbocycles. The number of imidazole rings is 1. The van der Waals surface area contributed by atoms with Crippen molar-refractivity contribution < 1.29 is 4.79 Å². The van der Waals surface area contributed by atoms with E-state index in [0.717, 1.165) is 39.7 Å². The lowest BCUT2D eigenvalue weighted by molar-refractivity contribution is 0.0932. The number of carbonyl (C=O) groups excluding carboxylic acids is 1. The van der Waals surface area contributed by atoms with Crippen LogP contribution in [0, 0.1) is 0 Å². The maximum absolute atomic E-state index is 12.7. The van der Waals surface area contributed by atoms with E-state index in [-0.39, 0.29) is 5.91 Å². The van der Waals surface area contributed by atoms with Gasteiger partial charge in [-0.1, -0.05) is 37.5 Å². The summed E-state index contributed by atoms with van der Waals surface area (Å²) >= 11 is 1.52. The fourth-order valence-corrected chi connectivity index (χ4v) is 4.60. The fourth-order valence-electron chi connectivity index (χ4n) is 3.59. The quantitative estimate of drug-likeness (QED) is 0.750. The van der Waals surface area contributed by atoms with Crippen LogP contribution in [0.15, 0.2) is 36.4 Å². The summed E-state index contributed by atoms with van der Waals surface area (Å²) in [5.74, 6) is 0.905. The number of aromatic nitrogens is 2. The maximum Gasteiger partial charge on any atom is 0.261 e. The van der Waals surface area contributed by atoms with Crippen LogP contribution < -0.4 is 10.2 Å². The predicted octanol–water partition coefficient (Wildman–Crippen LogP) is 4.22. The minimum Gasteiger partial charge on any atom is -0.349 e. The Bertz CT molecular complexity index is 907. The zero-order valence-electron chi connectivity index (χ0n) is 15.2. The van der Waals surface area contributed by atoms with Gasteiger partial charge in [-0.2, -0.15) is 0 Å². The van der Waals surface area contributed by atoms with Crippen molar-refractivity contribution in [3.63, 3.8) is 0 Å². The summed E-state index contributed by atoms with van der Waals surface area (Å²) in [6.07, 6.45) is 5.90. The van der Waals surface area contributed by atoms with Gasteiger partial charge in [0, 0.05) is 25.8 Å². The third kappa shape index (κ3) is 3.21. The summed E-state index contributed by atoms with van der Waals surface area (Å²) in [5.41, 5.74) is 1.93. The first kappa shape index (κ1) is 17.1. The Morgan fingerprint density at radius 2 is 1.92 bits per heavy atom. The molecule has 6 heteroatoms. The molecule has 1 N–H and O–H groups in total. The molecule has 0 bridgehead atoms. The Hall–Kier alpha value is -2.34. The van der Waals surface area contributed by atoms with E-state index in [1.807, 2.05) is 43.3 Å². The van der Waals surface area contributed by atoms with Crippen LogP contribution in [0.1, 0.15) is 41.8 Å². The van der Waals surface area contributed by atoms with Gasteiger partial charge in [0.1, 0.15) is 10.3 Å². The van der Waals surface area contributed by atoms with Gasteiger partial charge >= 0.3 is 0 Å². The molecule has 1 saturated carbocycles. The molecule has 1 aliphatic carbocycles. The number of para-hydroxylation sites is 1. The highest BCUT2D eigenvalue weighted by Crippen LogP contribution is 2.32. The van der Waals surface area contributed by atoms with Crippen LogP contribution in [0.25, 0.3) is 16.0 Å². The summed E-state index contributed by atoms with van der Waals surface area (Å²) in [6.45, 7) is 0. The van der Waals surface area contributed by atoms with E-state index in [1.54, 1.807) is 0 Å². The van der Waals surface area contributed by atoms with Crippen LogP contribution in [0.4, 0.5) is 5.95 Å². The molecule has 1 fully saturated rings. The van der Waals surface area contributed by atoms with E-state index in [4.69, 9.17) is 4.98 Å². The van der Waals surface area contributed by atoms with Gasteiger partial charge in [0.2, 0.25) is 5.95 Å². The number of thiophene rings is 1. The van der Waals surface area contributed by atoms with Gasteiger partial charge in [0.05, 0.1) is 4.88 Å². The number of carbonyl (C=O) groups is 1. The summed E-state index contributed by atoms with van der Waals surface area (Å²) in [7, 11) is 3.98. The lowest BCUT2D eigenvalue weighted by atomic mass is 9.95. The molecular formula is C20H24N4OS. The average Bonchev–Trinajstić information content (AvgIpc) is 3.21. The molecule has 2 heterocycles. The van der Waals surface area contributed by atoms with Crippen LogP contribution in [0.5, 0.6) is 0 Å². The molecule has 0 spiro atoms. The SMILES string of the molecule is CN(C)c1nc2cc(C(=O)NC3CCCCC3)sc2n1-c1ccccc1. The molecule has 0 radical (unpaired) electrons. The van der Waals surface area contributed by atoms with Crippen molar-refractivity contribution in [3.05, 3.63) is 41.3 Å². The molecule has 0 atom stereocenters. The van der Waals surface area contributed by atoms with Crippen molar-refractivity contribution in [2.75, 3.05) is 19.0 Å². The highest BCUT2D eigenvalue weighted by Gasteiger charge is 2.22. The molecule has 2 aromatic heterocycles. The van der Waals surface area contributed by atoms with Gasteiger partial charge in [-0.15, -0.1) is 11.3 Å². The molecule has 0 unspecified atom stereocenters. The van der Waals surface area contributed by atoms with Crippen LogP contribution >= 0.6 is 11.3 Å². The number of anilines is 1. The van der Waals surface area contributed by atoms with E-state index < -0.39 is 0 Å². The Labute approximate surface area is 157 Å². The van der Waals surface area contributed by atoms with Crippen LogP contribution in [-0.2, 0) is 0 Å². The van der Waals surface area contributed by atoms with Gasteiger partial charge < -0.3 is 10.2 Å². The predicted molar refractivity (Wildman–Crippen MR) is 108 cm³/mol. The average molecular weight is 369 g/mol. The molecule has 26 heavy (non-hydrogen) atoms. The summed E-state index contributed by atoms with van der Waals surface area (Å²) in [5, 5.41) is 3.21. The van der Waals surface area contributed by atoms with E-state index >= 15 is 0 Å². The zero-order chi connectivity index (χ0) is 18.1. The first-order chi connectivity index (χ1) is 12.6. The number of amides is 1. The zero-order valence-corrected chi connectivity index (χ0v) is 16.1. The lowest BCUT2D eigenvalue weighted by Gasteiger charge is -2.22. The summed E-state index contributed by atoms with van der Waals surface area (Å²) in [4.78, 5) is 21.2. The second-order valence-electron chi connectivity index (χ2n) is 7.09. The van der Waals surface area contributed by atoms with Crippen LogP contribution in [-0.4, -0.2) is 35.6 Å². The Morgan fingerprint density at radius 3 is 2.62 bits per heavy atom. The third-order valence-corrected chi connectivity index (χ3v) is 6.00. The van der Waals surface area contributed by atoms with Crippen LogP contribution in [0.3, 0.4) is 0 Å². The van der Waals surface area contributed by atoms with Gasteiger partial charge in [0.25, 0.3) is 5.91 Å². The Kier molecular flexibility index (Phi) is 4.68. The minimum atomic E-state index is 0.0333.